The van der Waals surface area contributed by atoms with Gasteiger partial charge in [-0.2, -0.15) is 18.3 Å². The van der Waals surface area contributed by atoms with Crippen molar-refractivity contribution < 1.29 is 27.2 Å². The SMILES string of the molecule is Cc1cc(-c2cc(C(=O)N3C4CCC3CC(C(=O)N[C@@H]3CC[C@H](C(F)(F)F)N(C)C3)C4)[nH]n2)c(F)cn1. The van der Waals surface area contributed by atoms with Gasteiger partial charge in [0.1, 0.15) is 11.7 Å². The van der Waals surface area contributed by atoms with Crippen molar-refractivity contribution in [2.24, 2.45) is 5.92 Å². The summed E-state index contributed by atoms with van der Waals surface area (Å²) in [6.07, 6.45) is -0.359. The van der Waals surface area contributed by atoms with E-state index in [4.69, 9.17) is 0 Å². The van der Waals surface area contributed by atoms with Crippen molar-refractivity contribution in [3.63, 3.8) is 0 Å². The van der Waals surface area contributed by atoms with Crippen molar-refractivity contribution in [3.05, 3.63) is 35.5 Å². The first kappa shape index (κ1) is 25.6. The number of aryl methyl sites for hydroxylation is 1. The molecular weight excluding hydrogens is 492 g/mol. The van der Waals surface area contributed by atoms with Crippen molar-refractivity contribution >= 4 is 11.8 Å². The van der Waals surface area contributed by atoms with Crippen LogP contribution in [-0.4, -0.2) is 80.7 Å². The van der Waals surface area contributed by atoms with Crippen LogP contribution in [0.25, 0.3) is 11.3 Å². The first-order valence-corrected chi connectivity index (χ1v) is 12.6. The molecule has 5 heterocycles. The number of rotatable bonds is 4. The first-order valence-electron chi connectivity index (χ1n) is 12.6. The summed E-state index contributed by atoms with van der Waals surface area (Å²) < 4.78 is 53.6. The largest absolute Gasteiger partial charge is 0.404 e. The summed E-state index contributed by atoms with van der Waals surface area (Å²) in [5.41, 5.74) is 1.47. The summed E-state index contributed by atoms with van der Waals surface area (Å²) in [4.78, 5) is 33.4. The van der Waals surface area contributed by atoms with E-state index in [0.717, 1.165) is 19.0 Å². The Morgan fingerprint density at radius 1 is 1.11 bits per heavy atom. The van der Waals surface area contributed by atoms with E-state index in [2.05, 4.69) is 20.5 Å². The number of likely N-dealkylation sites (N-methyl/N-ethyl adjacent to an activating group) is 1. The van der Waals surface area contributed by atoms with Gasteiger partial charge in [-0.05, 0) is 64.6 Å². The number of carbonyl (C=O) groups is 2. The Hall–Kier alpha value is -3.02. The Morgan fingerprint density at radius 3 is 2.46 bits per heavy atom. The molecule has 12 heteroatoms. The second-order valence-corrected chi connectivity index (χ2v) is 10.5. The third-order valence-electron chi connectivity index (χ3n) is 7.97. The fourth-order valence-electron chi connectivity index (χ4n) is 6.17. The summed E-state index contributed by atoms with van der Waals surface area (Å²) in [5, 5.41) is 9.82. The molecule has 37 heavy (non-hydrogen) atoms. The number of alkyl halides is 3. The minimum atomic E-state index is -4.27. The molecule has 3 aliphatic heterocycles. The molecule has 3 saturated heterocycles. The van der Waals surface area contributed by atoms with Crippen LogP contribution in [0.15, 0.2) is 18.3 Å². The lowest BCUT2D eigenvalue weighted by Crippen LogP contribution is -2.56. The van der Waals surface area contributed by atoms with Crippen LogP contribution in [0.1, 0.15) is 54.7 Å². The number of hydrogen-bond donors (Lipinski definition) is 2. The zero-order chi connectivity index (χ0) is 26.5. The lowest BCUT2D eigenvalue weighted by Gasteiger charge is -2.40. The van der Waals surface area contributed by atoms with Gasteiger partial charge in [0.05, 0.1) is 11.9 Å². The summed E-state index contributed by atoms with van der Waals surface area (Å²) >= 11 is 0. The second-order valence-electron chi connectivity index (χ2n) is 10.5. The van der Waals surface area contributed by atoms with Gasteiger partial charge >= 0.3 is 6.18 Å². The molecule has 8 nitrogen and oxygen atoms in total. The van der Waals surface area contributed by atoms with Gasteiger partial charge < -0.3 is 10.2 Å². The Kier molecular flexibility index (Phi) is 6.71. The summed E-state index contributed by atoms with van der Waals surface area (Å²) in [6.45, 7) is 1.89. The maximum Gasteiger partial charge on any atom is 0.404 e. The van der Waals surface area contributed by atoms with E-state index >= 15 is 0 Å². The minimum Gasteiger partial charge on any atom is -0.352 e. The molecule has 2 bridgehead atoms. The average Bonchev–Trinajstić information content (AvgIpc) is 3.42. The topological polar surface area (TPSA) is 94.2 Å². The van der Waals surface area contributed by atoms with Gasteiger partial charge in [0.2, 0.25) is 5.91 Å². The highest BCUT2D eigenvalue weighted by atomic mass is 19.4. The van der Waals surface area contributed by atoms with Crippen molar-refractivity contribution in [2.45, 2.75) is 75.8 Å². The normalized spacial score (nSPS) is 28.4. The van der Waals surface area contributed by atoms with E-state index < -0.39 is 18.0 Å². The van der Waals surface area contributed by atoms with Crippen molar-refractivity contribution in [3.8, 4) is 11.3 Å². The van der Waals surface area contributed by atoms with Gasteiger partial charge in [-0.3, -0.25) is 24.6 Å². The van der Waals surface area contributed by atoms with Crippen LogP contribution in [0.2, 0.25) is 0 Å². The number of pyridine rings is 1. The molecule has 0 spiro atoms. The Labute approximate surface area is 211 Å². The smallest absolute Gasteiger partial charge is 0.352 e. The number of nitrogens with one attached hydrogen (secondary N) is 2. The van der Waals surface area contributed by atoms with Gasteiger partial charge in [0.15, 0.2) is 5.82 Å². The van der Waals surface area contributed by atoms with Crippen molar-refractivity contribution in [1.29, 1.82) is 0 Å². The molecular formula is C25H30F4N6O2. The lowest BCUT2D eigenvalue weighted by atomic mass is 9.89. The molecule has 3 fully saturated rings. The molecule has 3 aliphatic rings. The number of nitrogens with zero attached hydrogens (tertiary/aromatic N) is 4. The van der Waals surface area contributed by atoms with E-state index in [1.54, 1.807) is 17.9 Å². The van der Waals surface area contributed by atoms with Crippen molar-refractivity contribution in [2.75, 3.05) is 13.6 Å². The van der Waals surface area contributed by atoms with Gasteiger partial charge in [0.25, 0.3) is 5.91 Å². The number of H-pyrrole nitrogens is 1. The molecule has 2 N–H and O–H groups in total. The maximum absolute atomic E-state index is 14.2. The van der Waals surface area contributed by atoms with E-state index in [9.17, 15) is 27.2 Å². The quantitative estimate of drug-likeness (QED) is 0.600. The fraction of sp³-hybridized carbons (Fsp3) is 0.600. The Balaban J connectivity index is 1.21. The Bertz CT molecular complexity index is 1170. The predicted octanol–water partition coefficient (Wildman–Crippen LogP) is 3.44. The van der Waals surface area contributed by atoms with E-state index in [1.807, 2.05) is 0 Å². The minimum absolute atomic E-state index is 0.0434. The van der Waals surface area contributed by atoms with E-state index in [-0.39, 0.29) is 66.5 Å². The summed E-state index contributed by atoms with van der Waals surface area (Å²) in [6, 6.07) is 1.07. The van der Waals surface area contributed by atoms with Crippen LogP contribution in [0, 0.1) is 18.7 Å². The highest BCUT2D eigenvalue weighted by Crippen LogP contribution is 2.40. The van der Waals surface area contributed by atoms with Crippen LogP contribution in [0.5, 0.6) is 0 Å². The molecule has 2 aromatic heterocycles. The van der Waals surface area contributed by atoms with Gasteiger partial charge in [-0.1, -0.05) is 0 Å². The zero-order valence-corrected chi connectivity index (χ0v) is 20.7. The number of piperidine rings is 2. The van der Waals surface area contributed by atoms with Crippen LogP contribution in [-0.2, 0) is 4.79 Å². The third-order valence-corrected chi connectivity index (χ3v) is 7.97. The van der Waals surface area contributed by atoms with Crippen LogP contribution in [0.4, 0.5) is 17.6 Å². The standard InChI is InChI=1S/C25H30F4N6O2/c1-13-7-18(19(26)11-30-13)20-10-21(33-32-20)24(37)35-16-4-5-17(35)9-14(8-16)23(36)31-15-3-6-22(25(27,28)29)34(2)12-15/h7,10-11,14-17,22H,3-6,8-9,12H2,1-2H3,(H,31,36)(H,32,33)/t14?,15-,16?,17?,22-/m1/s1. The molecule has 4 atom stereocenters. The molecule has 2 aromatic rings. The van der Waals surface area contributed by atoms with Gasteiger partial charge in [0, 0.05) is 41.8 Å². The number of fused-ring (bicyclic) bond motifs is 2. The molecule has 2 unspecified atom stereocenters. The molecule has 0 saturated carbocycles. The predicted molar refractivity (Wildman–Crippen MR) is 126 cm³/mol. The number of likely N-dealkylation sites (tertiary alicyclic amines) is 1. The molecule has 200 valence electrons. The molecule has 0 aliphatic carbocycles. The zero-order valence-electron chi connectivity index (χ0n) is 20.7. The number of hydrogen-bond acceptors (Lipinski definition) is 5. The maximum atomic E-state index is 14.2. The summed E-state index contributed by atoms with van der Waals surface area (Å²) in [5.74, 6) is -1.21. The van der Waals surface area contributed by atoms with Crippen molar-refractivity contribution in [1.82, 2.24) is 30.3 Å². The number of carbonyl (C=O) groups excluding carboxylic acids is 2. The summed E-state index contributed by atoms with van der Waals surface area (Å²) in [7, 11) is 1.44. The van der Waals surface area contributed by atoms with Crippen LogP contribution in [0.3, 0.4) is 0 Å². The highest BCUT2D eigenvalue weighted by molar-refractivity contribution is 5.94. The molecule has 0 aromatic carbocycles. The average molecular weight is 523 g/mol. The lowest BCUT2D eigenvalue weighted by molar-refractivity contribution is -0.188. The number of aromatic nitrogens is 3. The number of aromatic amines is 1. The number of amides is 2. The van der Waals surface area contributed by atoms with Gasteiger partial charge in [-0.15, -0.1) is 0 Å². The molecule has 2 amide bonds. The van der Waals surface area contributed by atoms with Gasteiger partial charge in [-0.25, -0.2) is 4.39 Å². The van der Waals surface area contributed by atoms with Crippen LogP contribution >= 0.6 is 0 Å². The molecule has 5 rings (SSSR count). The molecule has 0 radical (unpaired) electrons. The Morgan fingerprint density at radius 2 is 1.81 bits per heavy atom. The van der Waals surface area contributed by atoms with Crippen LogP contribution < -0.4 is 5.32 Å². The third kappa shape index (κ3) is 5.07. The fourth-order valence-corrected chi connectivity index (χ4v) is 6.17. The first-order chi connectivity index (χ1) is 17.5. The second kappa shape index (κ2) is 9.70. The monoisotopic (exact) mass is 522 g/mol. The highest BCUT2D eigenvalue weighted by Gasteiger charge is 2.47. The number of halogens is 4. The van der Waals surface area contributed by atoms with E-state index in [0.29, 0.717) is 24.2 Å². The van der Waals surface area contributed by atoms with E-state index in [1.165, 1.54) is 18.0 Å².